The van der Waals surface area contributed by atoms with Gasteiger partial charge in [-0.25, -0.2) is 8.78 Å². The number of carbonyl (C=O) groups is 1. The lowest BCUT2D eigenvalue weighted by Gasteiger charge is -2.33. The van der Waals surface area contributed by atoms with Gasteiger partial charge in [0.15, 0.2) is 0 Å². The Morgan fingerprint density at radius 2 is 1.92 bits per heavy atom. The average Bonchev–Trinajstić information content (AvgIpc) is 2.59. The molecule has 1 aliphatic rings. The zero-order chi connectivity index (χ0) is 17.8. The summed E-state index contributed by atoms with van der Waals surface area (Å²) in [6.07, 6.45) is 1.43. The van der Waals surface area contributed by atoms with Crippen molar-refractivity contribution in [3.05, 3.63) is 70.2 Å². The highest BCUT2D eigenvalue weighted by Crippen LogP contribution is 2.21. The van der Waals surface area contributed by atoms with Crippen LogP contribution in [0, 0.1) is 11.6 Å². The number of amides is 1. The van der Waals surface area contributed by atoms with Crippen molar-refractivity contribution < 1.29 is 18.3 Å². The van der Waals surface area contributed by atoms with Crippen LogP contribution in [-0.2, 0) is 11.3 Å². The molecular formula is C19H18ClF2NO2. The topological polar surface area (TPSA) is 29.5 Å². The maximum atomic E-state index is 13.2. The molecule has 3 rings (SSSR count). The van der Waals surface area contributed by atoms with Gasteiger partial charge in [-0.3, -0.25) is 4.79 Å². The van der Waals surface area contributed by atoms with Crippen molar-refractivity contribution in [1.82, 2.24) is 4.90 Å². The molecular weight excluding hydrogens is 348 g/mol. The highest BCUT2D eigenvalue weighted by molar-refractivity contribution is 6.33. The lowest BCUT2D eigenvalue weighted by molar-refractivity contribution is -0.00686. The summed E-state index contributed by atoms with van der Waals surface area (Å²) >= 11 is 6.10. The fraction of sp³-hybridized carbons (Fsp3) is 0.316. The first kappa shape index (κ1) is 17.8. The van der Waals surface area contributed by atoms with E-state index in [-0.39, 0.29) is 18.6 Å². The second kappa shape index (κ2) is 7.93. The molecule has 2 aromatic rings. The third-order valence-corrected chi connectivity index (χ3v) is 4.51. The van der Waals surface area contributed by atoms with Crippen LogP contribution in [0.15, 0.2) is 42.5 Å². The number of halogens is 3. The minimum absolute atomic E-state index is 0.105. The standard InChI is InChI=1S/C19H18ClF2NO2/c20-18-6-2-1-5-17(18)19(24)23-7-3-4-16(11-23)25-12-13-8-14(21)10-15(22)9-13/h1-2,5-6,8-10,16H,3-4,7,11-12H2/t16-/m0/s1. The smallest absolute Gasteiger partial charge is 0.255 e. The monoisotopic (exact) mass is 365 g/mol. The van der Waals surface area contributed by atoms with Gasteiger partial charge in [0.2, 0.25) is 0 Å². The molecule has 2 aromatic carbocycles. The molecule has 6 heteroatoms. The zero-order valence-corrected chi connectivity index (χ0v) is 14.3. The first-order valence-corrected chi connectivity index (χ1v) is 8.51. The van der Waals surface area contributed by atoms with Gasteiger partial charge in [0, 0.05) is 19.2 Å². The molecule has 0 aliphatic carbocycles. The molecule has 3 nitrogen and oxygen atoms in total. The number of hydrogen-bond donors (Lipinski definition) is 0. The summed E-state index contributed by atoms with van der Waals surface area (Å²) in [5.74, 6) is -1.38. The van der Waals surface area contributed by atoms with E-state index >= 15 is 0 Å². The number of carbonyl (C=O) groups excluding carboxylic acids is 1. The summed E-state index contributed by atoms with van der Waals surface area (Å²) in [7, 11) is 0. The van der Waals surface area contributed by atoms with E-state index in [1.54, 1.807) is 29.2 Å². The third-order valence-electron chi connectivity index (χ3n) is 4.18. The minimum atomic E-state index is -0.627. The SMILES string of the molecule is O=C(c1ccccc1Cl)N1CCC[C@H](OCc2cc(F)cc(F)c2)C1. The van der Waals surface area contributed by atoms with Gasteiger partial charge in [-0.15, -0.1) is 0 Å². The van der Waals surface area contributed by atoms with E-state index in [2.05, 4.69) is 0 Å². The van der Waals surface area contributed by atoms with Crippen molar-refractivity contribution in [2.24, 2.45) is 0 Å². The van der Waals surface area contributed by atoms with Gasteiger partial charge in [0.1, 0.15) is 11.6 Å². The van der Waals surface area contributed by atoms with Gasteiger partial charge < -0.3 is 9.64 Å². The quantitative estimate of drug-likeness (QED) is 0.801. The van der Waals surface area contributed by atoms with E-state index in [9.17, 15) is 13.6 Å². The molecule has 1 aliphatic heterocycles. The summed E-state index contributed by atoms with van der Waals surface area (Å²) in [6.45, 7) is 1.17. The average molecular weight is 366 g/mol. The molecule has 0 unspecified atom stereocenters. The summed E-state index contributed by atoms with van der Waals surface area (Å²) in [4.78, 5) is 14.3. The molecule has 0 radical (unpaired) electrons. The third kappa shape index (κ3) is 4.55. The molecule has 0 N–H and O–H groups in total. The Labute approximate surface area is 150 Å². The van der Waals surface area contributed by atoms with Crippen molar-refractivity contribution in [3.8, 4) is 0 Å². The predicted octanol–water partition coefficient (Wildman–Crippen LogP) is 4.44. The number of rotatable bonds is 4. The lowest BCUT2D eigenvalue weighted by atomic mass is 10.1. The number of piperidine rings is 1. The van der Waals surface area contributed by atoms with Gasteiger partial charge in [-0.1, -0.05) is 23.7 Å². The van der Waals surface area contributed by atoms with Crippen LogP contribution in [-0.4, -0.2) is 30.0 Å². The Balaban J connectivity index is 1.61. The van der Waals surface area contributed by atoms with E-state index in [4.69, 9.17) is 16.3 Å². The fourth-order valence-corrected chi connectivity index (χ4v) is 3.19. The second-order valence-electron chi connectivity index (χ2n) is 6.08. The molecule has 0 aromatic heterocycles. The number of likely N-dealkylation sites (tertiary alicyclic amines) is 1. The van der Waals surface area contributed by atoms with Crippen LogP contribution in [0.3, 0.4) is 0 Å². The molecule has 0 spiro atoms. The van der Waals surface area contributed by atoms with Crippen LogP contribution >= 0.6 is 11.6 Å². The lowest BCUT2D eigenvalue weighted by Crippen LogP contribution is -2.43. The summed E-state index contributed by atoms with van der Waals surface area (Å²) in [5.41, 5.74) is 0.907. The predicted molar refractivity (Wildman–Crippen MR) is 91.5 cm³/mol. The Hall–Kier alpha value is -1.98. The van der Waals surface area contributed by atoms with Crippen molar-refractivity contribution in [1.29, 1.82) is 0 Å². The van der Waals surface area contributed by atoms with E-state index in [1.165, 1.54) is 12.1 Å². The number of benzene rings is 2. The number of hydrogen-bond acceptors (Lipinski definition) is 2. The molecule has 25 heavy (non-hydrogen) atoms. The molecule has 1 heterocycles. The van der Waals surface area contributed by atoms with Crippen LogP contribution in [0.1, 0.15) is 28.8 Å². The van der Waals surface area contributed by atoms with Gasteiger partial charge in [-0.2, -0.15) is 0 Å². The maximum Gasteiger partial charge on any atom is 0.255 e. The van der Waals surface area contributed by atoms with Crippen LogP contribution in [0.4, 0.5) is 8.78 Å². The summed E-state index contributed by atoms with van der Waals surface area (Å²) in [5, 5.41) is 0.422. The first-order chi connectivity index (χ1) is 12.0. The molecule has 0 bridgehead atoms. The van der Waals surface area contributed by atoms with Gasteiger partial charge in [0.05, 0.1) is 23.3 Å². The normalized spacial score (nSPS) is 17.6. The van der Waals surface area contributed by atoms with Crippen LogP contribution < -0.4 is 0 Å². The van der Waals surface area contributed by atoms with Crippen molar-refractivity contribution in [3.63, 3.8) is 0 Å². The molecule has 1 amide bonds. The Bertz CT molecular complexity index is 749. The molecule has 132 valence electrons. The maximum absolute atomic E-state index is 13.2. The summed E-state index contributed by atoms with van der Waals surface area (Å²) < 4.78 is 32.2. The molecule has 1 saturated heterocycles. The fourth-order valence-electron chi connectivity index (χ4n) is 2.97. The van der Waals surface area contributed by atoms with Crippen LogP contribution in [0.5, 0.6) is 0 Å². The van der Waals surface area contributed by atoms with Crippen LogP contribution in [0.25, 0.3) is 0 Å². The highest BCUT2D eigenvalue weighted by atomic mass is 35.5. The van der Waals surface area contributed by atoms with Gasteiger partial charge >= 0.3 is 0 Å². The van der Waals surface area contributed by atoms with Crippen LogP contribution in [0.2, 0.25) is 5.02 Å². The van der Waals surface area contributed by atoms with E-state index < -0.39 is 11.6 Å². The van der Waals surface area contributed by atoms with Crippen molar-refractivity contribution in [2.45, 2.75) is 25.6 Å². The zero-order valence-electron chi connectivity index (χ0n) is 13.6. The number of ether oxygens (including phenoxy) is 1. The Morgan fingerprint density at radius 1 is 1.20 bits per heavy atom. The Kier molecular flexibility index (Phi) is 5.66. The summed E-state index contributed by atoms with van der Waals surface area (Å²) in [6, 6.07) is 10.3. The van der Waals surface area contributed by atoms with Gasteiger partial charge in [0.25, 0.3) is 5.91 Å². The number of nitrogens with zero attached hydrogens (tertiary/aromatic N) is 1. The second-order valence-corrected chi connectivity index (χ2v) is 6.49. The molecule has 1 fully saturated rings. The van der Waals surface area contributed by atoms with E-state index in [1.807, 2.05) is 0 Å². The molecule has 0 saturated carbocycles. The molecule has 1 atom stereocenters. The van der Waals surface area contributed by atoms with E-state index in [0.717, 1.165) is 18.9 Å². The van der Waals surface area contributed by atoms with Gasteiger partial charge in [-0.05, 0) is 42.7 Å². The first-order valence-electron chi connectivity index (χ1n) is 8.13. The van der Waals surface area contributed by atoms with Crippen molar-refractivity contribution >= 4 is 17.5 Å². The highest BCUT2D eigenvalue weighted by Gasteiger charge is 2.26. The largest absolute Gasteiger partial charge is 0.372 e. The minimum Gasteiger partial charge on any atom is -0.372 e. The Morgan fingerprint density at radius 3 is 2.64 bits per heavy atom. The van der Waals surface area contributed by atoms with Crippen molar-refractivity contribution in [2.75, 3.05) is 13.1 Å². The van der Waals surface area contributed by atoms with E-state index in [0.29, 0.717) is 29.2 Å².